The highest BCUT2D eigenvalue weighted by Crippen LogP contribution is 2.14. The van der Waals surface area contributed by atoms with Gasteiger partial charge in [-0.1, -0.05) is 0 Å². The summed E-state index contributed by atoms with van der Waals surface area (Å²) in [6, 6.07) is 0. The second kappa shape index (κ2) is 1.66. The maximum absolute atomic E-state index is 10.5. The Morgan fingerprint density at radius 3 is 2.25 bits per heavy atom. The standard InChI is InChI=1S/C4H9N2O2/c1-6(7)4(5)2-8-3-4/h2-3,5H2,1H3/q-1. The second-order valence-electron chi connectivity index (χ2n) is 2.09. The molecule has 1 heterocycles. The predicted molar refractivity (Wildman–Crippen MR) is 28.9 cm³/mol. The largest absolute Gasteiger partial charge is 0.784 e. The van der Waals surface area contributed by atoms with E-state index < -0.39 is 5.66 Å². The number of nitrogens with two attached hydrogens (primary N) is 1. The molecule has 1 saturated heterocycles. The van der Waals surface area contributed by atoms with E-state index in [2.05, 4.69) is 0 Å². The van der Waals surface area contributed by atoms with Crippen molar-refractivity contribution in [2.75, 3.05) is 20.3 Å². The van der Waals surface area contributed by atoms with Gasteiger partial charge in [-0.15, -0.1) is 0 Å². The lowest BCUT2D eigenvalue weighted by Gasteiger charge is -2.48. The Hall–Kier alpha value is -0.160. The minimum absolute atomic E-state index is 0.354. The molecule has 0 spiro atoms. The van der Waals surface area contributed by atoms with Gasteiger partial charge < -0.3 is 20.7 Å². The lowest BCUT2D eigenvalue weighted by molar-refractivity contribution is -0.114. The Balaban J connectivity index is 2.41. The summed E-state index contributed by atoms with van der Waals surface area (Å²) in [7, 11) is 1.41. The number of hydroxylamine groups is 2. The zero-order chi connectivity index (χ0) is 6.20. The summed E-state index contributed by atoms with van der Waals surface area (Å²) >= 11 is 0. The molecule has 4 nitrogen and oxygen atoms in total. The number of ether oxygens (including phenoxy) is 1. The van der Waals surface area contributed by atoms with Crippen LogP contribution in [0.4, 0.5) is 0 Å². The van der Waals surface area contributed by atoms with Gasteiger partial charge in [0.1, 0.15) is 5.66 Å². The van der Waals surface area contributed by atoms with Crippen LogP contribution in [0.2, 0.25) is 0 Å². The van der Waals surface area contributed by atoms with Crippen LogP contribution in [0.15, 0.2) is 0 Å². The molecule has 0 aliphatic carbocycles. The number of likely N-dealkylation sites (N-methyl/N-ethyl adjacent to an activating group) is 1. The number of hydrogen-bond donors (Lipinski definition) is 1. The van der Waals surface area contributed by atoms with Gasteiger partial charge in [-0.2, -0.15) is 0 Å². The Kier molecular flexibility index (Phi) is 1.24. The lowest BCUT2D eigenvalue weighted by atomic mass is 10.1. The summed E-state index contributed by atoms with van der Waals surface area (Å²) in [6.07, 6.45) is 0. The van der Waals surface area contributed by atoms with Gasteiger partial charge in [-0.3, -0.25) is 0 Å². The first-order valence-corrected chi connectivity index (χ1v) is 2.43. The fraction of sp³-hybridized carbons (Fsp3) is 1.00. The predicted octanol–water partition coefficient (Wildman–Crippen LogP) is -0.899. The molecule has 0 atom stereocenters. The molecule has 0 aromatic rings. The zero-order valence-electron chi connectivity index (χ0n) is 4.76. The molecular weight excluding hydrogens is 108 g/mol. The minimum Gasteiger partial charge on any atom is -0.784 e. The lowest BCUT2D eigenvalue weighted by Crippen LogP contribution is -2.65. The molecule has 8 heavy (non-hydrogen) atoms. The minimum atomic E-state index is -0.722. The van der Waals surface area contributed by atoms with Crippen molar-refractivity contribution in [1.82, 2.24) is 5.06 Å². The third-order valence-corrected chi connectivity index (χ3v) is 1.33. The van der Waals surface area contributed by atoms with E-state index in [0.717, 1.165) is 5.06 Å². The van der Waals surface area contributed by atoms with E-state index in [9.17, 15) is 5.21 Å². The first-order valence-electron chi connectivity index (χ1n) is 2.43. The second-order valence-corrected chi connectivity index (χ2v) is 2.09. The molecule has 1 rings (SSSR count). The third kappa shape index (κ3) is 0.714. The van der Waals surface area contributed by atoms with E-state index >= 15 is 0 Å². The number of nitrogens with zero attached hydrogens (tertiary/aromatic N) is 1. The Labute approximate surface area is 47.8 Å². The van der Waals surface area contributed by atoms with Crippen molar-refractivity contribution in [3.63, 3.8) is 0 Å². The Bertz CT molecular complexity index is 90.0. The summed E-state index contributed by atoms with van der Waals surface area (Å²) in [5, 5.41) is 11.2. The maximum atomic E-state index is 10.5. The zero-order valence-corrected chi connectivity index (χ0v) is 4.76. The van der Waals surface area contributed by atoms with Crippen LogP contribution in [-0.4, -0.2) is 31.0 Å². The van der Waals surface area contributed by atoms with Crippen LogP contribution >= 0.6 is 0 Å². The third-order valence-electron chi connectivity index (χ3n) is 1.33. The van der Waals surface area contributed by atoms with Gasteiger partial charge in [0, 0.05) is 0 Å². The van der Waals surface area contributed by atoms with Gasteiger partial charge >= 0.3 is 0 Å². The van der Waals surface area contributed by atoms with Crippen LogP contribution in [0.3, 0.4) is 0 Å². The first-order chi connectivity index (χ1) is 3.65. The van der Waals surface area contributed by atoms with Crippen molar-refractivity contribution in [2.24, 2.45) is 5.73 Å². The van der Waals surface area contributed by atoms with Crippen LogP contribution in [0, 0.1) is 5.21 Å². The monoisotopic (exact) mass is 117 g/mol. The van der Waals surface area contributed by atoms with Crippen molar-refractivity contribution in [3.8, 4) is 0 Å². The molecule has 0 aromatic heterocycles. The van der Waals surface area contributed by atoms with E-state index in [1.165, 1.54) is 7.05 Å². The fourth-order valence-corrected chi connectivity index (χ4v) is 0.493. The molecular formula is C4H9N2O2-. The molecule has 0 unspecified atom stereocenters. The van der Waals surface area contributed by atoms with Crippen molar-refractivity contribution in [1.29, 1.82) is 0 Å². The summed E-state index contributed by atoms with van der Waals surface area (Å²) in [4.78, 5) is 0. The van der Waals surface area contributed by atoms with Crippen LogP contribution in [-0.2, 0) is 4.74 Å². The quantitative estimate of drug-likeness (QED) is 0.357. The van der Waals surface area contributed by atoms with Gasteiger partial charge in [0.2, 0.25) is 0 Å². The maximum Gasteiger partial charge on any atom is 0.105 e. The molecule has 0 amide bonds. The molecule has 0 saturated carbocycles. The van der Waals surface area contributed by atoms with Crippen LogP contribution in [0.5, 0.6) is 0 Å². The number of rotatable bonds is 1. The average molecular weight is 117 g/mol. The van der Waals surface area contributed by atoms with Gasteiger partial charge in [0.15, 0.2) is 0 Å². The van der Waals surface area contributed by atoms with Crippen LogP contribution in [0.25, 0.3) is 0 Å². The van der Waals surface area contributed by atoms with E-state index in [-0.39, 0.29) is 0 Å². The Morgan fingerprint density at radius 1 is 1.75 bits per heavy atom. The summed E-state index contributed by atoms with van der Waals surface area (Å²) < 4.78 is 4.73. The normalized spacial score (nSPS) is 25.5. The van der Waals surface area contributed by atoms with E-state index in [4.69, 9.17) is 10.5 Å². The SMILES string of the molecule is CN([O-])C1(N)COC1. The smallest absolute Gasteiger partial charge is 0.105 e. The fourth-order valence-electron chi connectivity index (χ4n) is 0.493. The molecule has 1 aliphatic heterocycles. The summed E-state index contributed by atoms with van der Waals surface area (Å²) in [5.74, 6) is 0. The van der Waals surface area contributed by atoms with Crippen LogP contribution < -0.4 is 5.73 Å². The molecule has 0 bridgehead atoms. The van der Waals surface area contributed by atoms with E-state index in [0.29, 0.717) is 13.2 Å². The Morgan fingerprint density at radius 2 is 2.25 bits per heavy atom. The van der Waals surface area contributed by atoms with Gasteiger partial charge in [0.25, 0.3) is 0 Å². The van der Waals surface area contributed by atoms with Gasteiger partial charge in [0.05, 0.1) is 13.2 Å². The molecule has 0 radical (unpaired) electrons. The topological polar surface area (TPSA) is 61.5 Å². The first kappa shape index (κ1) is 5.97. The van der Waals surface area contributed by atoms with Gasteiger partial charge in [-0.05, 0) is 7.05 Å². The van der Waals surface area contributed by atoms with E-state index in [1.807, 2.05) is 0 Å². The highest BCUT2D eigenvalue weighted by molar-refractivity contribution is 4.89. The van der Waals surface area contributed by atoms with Crippen LogP contribution in [0.1, 0.15) is 0 Å². The van der Waals surface area contributed by atoms with Crippen molar-refractivity contribution >= 4 is 0 Å². The van der Waals surface area contributed by atoms with Crippen molar-refractivity contribution in [2.45, 2.75) is 5.66 Å². The van der Waals surface area contributed by atoms with E-state index in [1.54, 1.807) is 0 Å². The average Bonchev–Trinajstić information content (AvgIpc) is 1.60. The highest BCUT2D eigenvalue weighted by atomic mass is 16.6. The van der Waals surface area contributed by atoms with Gasteiger partial charge in [-0.25, -0.2) is 0 Å². The molecule has 2 N–H and O–H groups in total. The molecule has 4 heteroatoms. The molecule has 48 valence electrons. The summed E-state index contributed by atoms with van der Waals surface area (Å²) in [5.41, 5.74) is 4.71. The van der Waals surface area contributed by atoms with Crippen molar-refractivity contribution < 1.29 is 4.74 Å². The molecule has 1 fully saturated rings. The number of hydrogen-bond acceptors (Lipinski definition) is 4. The molecule has 1 aliphatic rings. The van der Waals surface area contributed by atoms with Crippen molar-refractivity contribution in [3.05, 3.63) is 5.21 Å². The molecule has 0 aromatic carbocycles. The summed E-state index contributed by atoms with van der Waals surface area (Å²) in [6.45, 7) is 0.708. The highest BCUT2D eigenvalue weighted by Gasteiger charge is 2.33.